The van der Waals surface area contributed by atoms with Crippen LogP contribution in [0.3, 0.4) is 0 Å². The Morgan fingerprint density at radius 3 is 1.86 bits per heavy atom. The standard InChI is InChI=1S/C5H11N.W/c1-4-6(3)5-2;/h3H,4-5H2,1-2H3;. The van der Waals surface area contributed by atoms with E-state index in [-0.39, 0.29) is 0 Å². The minimum absolute atomic E-state index is 1.15. The van der Waals surface area contributed by atoms with Gasteiger partial charge in [0.1, 0.15) is 0 Å². The summed E-state index contributed by atoms with van der Waals surface area (Å²) in [6.07, 6.45) is 0. The van der Waals surface area contributed by atoms with Crippen molar-refractivity contribution in [1.29, 1.82) is 0 Å². The Bertz CT molecular complexity index is 50.0. The second-order valence-electron chi connectivity index (χ2n) is 1.33. The third-order valence-electron chi connectivity index (χ3n) is 0.961. The predicted octanol–water partition coefficient (Wildman–Crippen LogP) is 0.635. The summed E-state index contributed by atoms with van der Waals surface area (Å²) >= 11 is 1.54. The molecule has 42 valence electrons. The van der Waals surface area contributed by atoms with Gasteiger partial charge in [-0.1, -0.05) is 0 Å². The topological polar surface area (TPSA) is 3.24 Å². The van der Waals surface area contributed by atoms with E-state index in [0.717, 1.165) is 13.1 Å². The van der Waals surface area contributed by atoms with Gasteiger partial charge >= 0.3 is 55.7 Å². The van der Waals surface area contributed by atoms with Gasteiger partial charge in [-0.15, -0.1) is 0 Å². The Hall–Kier alpha value is 0.518. The average molecular weight is 269 g/mol. The monoisotopic (exact) mass is 269 g/mol. The first-order valence-electron chi connectivity index (χ1n) is 2.54. The van der Waals surface area contributed by atoms with Crippen molar-refractivity contribution in [2.45, 2.75) is 13.8 Å². The molecule has 0 atom stereocenters. The van der Waals surface area contributed by atoms with Gasteiger partial charge in [0.15, 0.2) is 0 Å². The summed E-state index contributed by atoms with van der Waals surface area (Å²) in [6, 6.07) is 0. The van der Waals surface area contributed by atoms with E-state index < -0.39 is 0 Å². The molecule has 0 aromatic heterocycles. The summed E-state index contributed by atoms with van der Waals surface area (Å²) in [7, 11) is 0. The van der Waals surface area contributed by atoms with Gasteiger partial charge in [0.2, 0.25) is 0 Å². The van der Waals surface area contributed by atoms with E-state index in [1.54, 1.807) is 19.4 Å². The van der Waals surface area contributed by atoms with E-state index in [1.807, 2.05) is 0 Å². The normalized spacial score (nSPS) is 9.57. The zero-order valence-corrected chi connectivity index (χ0v) is 7.78. The van der Waals surface area contributed by atoms with Crippen LogP contribution in [0.25, 0.3) is 0 Å². The second-order valence-corrected chi connectivity index (χ2v) is 2.08. The molecular weight excluding hydrogens is 258 g/mol. The molecule has 0 unspecified atom stereocenters. The molecule has 0 saturated heterocycles. The van der Waals surface area contributed by atoms with Crippen molar-refractivity contribution in [2.75, 3.05) is 13.1 Å². The Labute approximate surface area is 56.1 Å². The first-order chi connectivity index (χ1) is 3.35. The van der Waals surface area contributed by atoms with Crippen molar-refractivity contribution >= 4 is 4.52 Å². The predicted molar refractivity (Wildman–Crippen MR) is 29.0 cm³/mol. The van der Waals surface area contributed by atoms with Crippen molar-refractivity contribution < 1.29 is 19.4 Å². The number of hydrogen-bond acceptors (Lipinski definition) is 1. The number of hydrogen-bond donors (Lipinski definition) is 0. The molecule has 0 saturated carbocycles. The maximum absolute atomic E-state index is 2.29. The first kappa shape index (κ1) is 7.52. The molecule has 2 heteroatoms. The van der Waals surface area contributed by atoms with Gasteiger partial charge in [-0.25, -0.2) is 0 Å². The summed E-state index contributed by atoms with van der Waals surface area (Å²) in [4.78, 5) is 2.29. The minimum atomic E-state index is 1.15. The molecule has 0 bridgehead atoms. The summed E-state index contributed by atoms with van der Waals surface area (Å²) in [6.45, 7) is 6.64. The molecule has 0 radical (unpaired) electrons. The molecular formula is C5H11NW. The Kier molecular flexibility index (Phi) is 5.02. The molecule has 0 N–H and O–H groups in total. The molecule has 1 nitrogen and oxygen atoms in total. The zero-order valence-electron chi connectivity index (χ0n) is 4.85. The quantitative estimate of drug-likeness (QED) is 0.726. The molecule has 0 heterocycles. The van der Waals surface area contributed by atoms with Gasteiger partial charge in [0.25, 0.3) is 0 Å². The van der Waals surface area contributed by atoms with Crippen LogP contribution < -0.4 is 0 Å². The Morgan fingerprint density at radius 1 is 1.43 bits per heavy atom. The molecule has 0 aliphatic carbocycles. The Morgan fingerprint density at radius 2 is 1.86 bits per heavy atom. The SMILES string of the molecule is CCN([CH]=[W])CC. The van der Waals surface area contributed by atoms with E-state index in [1.165, 1.54) is 0 Å². The molecule has 0 fully saturated rings. The van der Waals surface area contributed by atoms with Gasteiger partial charge in [-0.2, -0.15) is 0 Å². The van der Waals surface area contributed by atoms with Crippen LogP contribution in [0.2, 0.25) is 0 Å². The van der Waals surface area contributed by atoms with Crippen molar-refractivity contribution in [1.82, 2.24) is 4.90 Å². The molecule has 7 heavy (non-hydrogen) atoms. The molecule has 0 aromatic carbocycles. The van der Waals surface area contributed by atoms with Gasteiger partial charge in [-0.3, -0.25) is 0 Å². The maximum atomic E-state index is 2.29. The third kappa shape index (κ3) is 3.13. The van der Waals surface area contributed by atoms with Crippen LogP contribution in [-0.2, 0) is 19.4 Å². The number of nitrogens with zero attached hydrogens (tertiary/aromatic N) is 1. The van der Waals surface area contributed by atoms with Crippen LogP contribution in [0.4, 0.5) is 0 Å². The molecule has 0 spiro atoms. The van der Waals surface area contributed by atoms with Crippen molar-refractivity contribution in [3.05, 3.63) is 0 Å². The van der Waals surface area contributed by atoms with Crippen LogP contribution in [0.5, 0.6) is 0 Å². The summed E-state index contributed by atoms with van der Waals surface area (Å²) in [5, 5.41) is 0. The van der Waals surface area contributed by atoms with E-state index in [2.05, 4.69) is 23.3 Å². The van der Waals surface area contributed by atoms with Crippen LogP contribution in [0, 0.1) is 0 Å². The van der Waals surface area contributed by atoms with Crippen LogP contribution in [-0.4, -0.2) is 22.5 Å². The molecule has 0 amide bonds. The van der Waals surface area contributed by atoms with Gasteiger partial charge in [-0.05, 0) is 0 Å². The van der Waals surface area contributed by atoms with E-state index in [4.69, 9.17) is 0 Å². The van der Waals surface area contributed by atoms with Crippen LogP contribution in [0.1, 0.15) is 13.8 Å². The van der Waals surface area contributed by atoms with Gasteiger partial charge < -0.3 is 0 Å². The first-order valence-corrected chi connectivity index (χ1v) is 4.23. The molecule has 0 aromatic rings. The van der Waals surface area contributed by atoms with Crippen molar-refractivity contribution in [2.24, 2.45) is 0 Å². The molecule has 0 rings (SSSR count). The van der Waals surface area contributed by atoms with E-state index in [0.29, 0.717) is 0 Å². The summed E-state index contributed by atoms with van der Waals surface area (Å²) < 4.78 is 2.19. The fraction of sp³-hybridized carbons (Fsp3) is 0.800. The van der Waals surface area contributed by atoms with E-state index in [9.17, 15) is 0 Å². The third-order valence-corrected chi connectivity index (χ3v) is 2.03. The summed E-state index contributed by atoms with van der Waals surface area (Å²) in [5.74, 6) is 0. The van der Waals surface area contributed by atoms with Crippen molar-refractivity contribution in [3.63, 3.8) is 0 Å². The fourth-order valence-electron chi connectivity index (χ4n) is 0.373. The van der Waals surface area contributed by atoms with Gasteiger partial charge in [0, 0.05) is 0 Å². The van der Waals surface area contributed by atoms with Crippen molar-refractivity contribution in [3.8, 4) is 0 Å². The van der Waals surface area contributed by atoms with Gasteiger partial charge in [0.05, 0.1) is 0 Å². The second kappa shape index (κ2) is 4.67. The number of rotatable bonds is 3. The average Bonchev–Trinajstić information content (AvgIpc) is 1.72. The van der Waals surface area contributed by atoms with Crippen LogP contribution >= 0.6 is 0 Å². The van der Waals surface area contributed by atoms with E-state index >= 15 is 0 Å². The fourth-order valence-corrected chi connectivity index (χ4v) is 1.44. The van der Waals surface area contributed by atoms with Crippen LogP contribution in [0.15, 0.2) is 0 Å². The molecule has 0 aliphatic heterocycles. The summed E-state index contributed by atoms with van der Waals surface area (Å²) in [5.41, 5.74) is 0. The molecule has 0 aliphatic rings. The zero-order chi connectivity index (χ0) is 5.70. The Balaban J connectivity index is 3.16.